The molecule has 1 N–H and O–H groups in total. The monoisotopic (exact) mass is 324 g/mol. The highest BCUT2D eigenvalue weighted by molar-refractivity contribution is 5.88. The largest absolute Gasteiger partial charge is 0.370 e. The molecule has 6 heteroatoms. The second-order valence-electron chi connectivity index (χ2n) is 6.94. The third-order valence-electron chi connectivity index (χ3n) is 5.02. The number of rotatable bonds is 3. The van der Waals surface area contributed by atoms with E-state index in [1.165, 1.54) is 24.1 Å². The maximum atomic E-state index is 4.90. The summed E-state index contributed by atoms with van der Waals surface area (Å²) in [5, 5.41) is 8.10. The fourth-order valence-corrected chi connectivity index (χ4v) is 3.60. The summed E-state index contributed by atoms with van der Waals surface area (Å²) in [5.74, 6) is 2.53. The number of aryl methyl sites for hydroxylation is 3. The van der Waals surface area contributed by atoms with Crippen LogP contribution in [0.2, 0.25) is 0 Å². The van der Waals surface area contributed by atoms with Gasteiger partial charge in [-0.25, -0.2) is 14.5 Å². The molecule has 126 valence electrons. The van der Waals surface area contributed by atoms with Crippen molar-refractivity contribution in [3.8, 4) is 0 Å². The Bertz CT molecular complexity index is 806. The molecule has 4 rings (SSSR count). The van der Waals surface area contributed by atoms with Gasteiger partial charge in [0, 0.05) is 24.9 Å². The molecule has 2 aliphatic rings. The molecule has 4 heterocycles. The van der Waals surface area contributed by atoms with Crippen LogP contribution >= 0.6 is 0 Å². The van der Waals surface area contributed by atoms with E-state index in [1.807, 2.05) is 24.6 Å². The van der Waals surface area contributed by atoms with Crippen LogP contribution in [0.5, 0.6) is 0 Å². The average Bonchev–Trinajstić information content (AvgIpc) is 3.02. The van der Waals surface area contributed by atoms with Gasteiger partial charge in [-0.05, 0) is 51.0 Å². The highest BCUT2D eigenvalue weighted by Crippen LogP contribution is 2.29. The predicted molar refractivity (Wildman–Crippen MR) is 94.1 cm³/mol. The van der Waals surface area contributed by atoms with Gasteiger partial charge in [0.2, 0.25) is 0 Å². The predicted octanol–water partition coefficient (Wildman–Crippen LogP) is 2.75. The fourth-order valence-electron chi connectivity index (χ4n) is 3.60. The first-order chi connectivity index (χ1) is 11.6. The van der Waals surface area contributed by atoms with Crippen LogP contribution in [0.4, 0.5) is 0 Å². The second-order valence-corrected chi connectivity index (χ2v) is 6.94. The van der Waals surface area contributed by atoms with Crippen molar-refractivity contribution in [2.75, 3.05) is 6.54 Å². The van der Waals surface area contributed by atoms with E-state index in [0.717, 1.165) is 54.5 Å². The van der Waals surface area contributed by atoms with Crippen molar-refractivity contribution in [2.45, 2.75) is 52.9 Å². The molecule has 2 aliphatic heterocycles. The van der Waals surface area contributed by atoms with Gasteiger partial charge < -0.3 is 5.32 Å². The van der Waals surface area contributed by atoms with Gasteiger partial charge in [-0.3, -0.25) is 4.98 Å². The van der Waals surface area contributed by atoms with Crippen molar-refractivity contribution in [3.05, 3.63) is 34.8 Å². The van der Waals surface area contributed by atoms with Crippen molar-refractivity contribution < 1.29 is 0 Å². The number of allylic oxidation sites excluding steroid dienone is 1. The van der Waals surface area contributed by atoms with Gasteiger partial charge in [-0.1, -0.05) is 6.92 Å². The number of nitrogens with zero attached hydrogens (tertiary/aromatic N) is 5. The van der Waals surface area contributed by atoms with E-state index in [2.05, 4.69) is 27.3 Å². The summed E-state index contributed by atoms with van der Waals surface area (Å²) in [5.41, 5.74) is 5.57. The van der Waals surface area contributed by atoms with E-state index >= 15 is 0 Å². The van der Waals surface area contributed by atoms with E-state index in [-0.39, 0.29) is 0 Å². The molecule has 0 fully saturated rings. The zero-order chi connectivity index (χ0) is 16.7. The van der Waals surface area contributed by atoms with Gasteiger partial charge in [0.15, 0.2) is 11.5 Å². The summed E-state index contributed by atoms with van der Waals surface area (Å²) >= 11 is 0. The molecule has 24 heavy (non-hydrogen) atoms. The standard InChI is InChI=1S/C18H24N6/c1-11-9-14-5-4-8-19-17(14)21-15(11)6-7-16-22-18-13(3)20-10-12(2)24(18)23-16/h10-11,19H,4-9H2,1-3H3. The fraction of sp³-hybridized carbons (Fsp3) is 0.556. The minimum Gasteiger partial charge on any atom is -0.370 e. The minimum atomic E-state index is 0.519. The molecule has 1 atom stereocenters. The molecular weight excluding hydrogens is 300 g/mol. The number of nitrogens with one attached hydrogen (secondary N) is 1. The molecule has 0 radical (unpaired) electrons. The van der Waals surface area contributed by atoms with Crippen molar-refractivity contribution in [1.82, 2.24) is 24.9 Å². The summed E-state index contributed by atoms with van der Waals surface area (Å²) in [4.78, 5) is 13.9. The van der Waals surface area contributed by atoms with Crippen molar-refractivity contribution in [2.24, 2.45) is 10.9 Å². The van der Waals surface area contributed by atoms with Crippen LogP contribution in [0.15, 0.2) is 22.6 Å². The lowest BCUT2D eigenvalue weighted by atomic mass is 9.88. The third kappa shape index (κ3) is 2.70. The second kappa shape index (κ2) is 6.00. The maximum Gasteiger partial charge on any atom is 0.177 e. The summed E-state index contributed by atoms with van der Waals surface area (Å²) in [6.45, 7) is 7.31. The highest BCUT2D eigenvalue weighted by atomic mass is 15.3. The van der Waals surface area contributed by atoms with Crippen LogP contribution < -0.4 is 5.32 Å². The molecule has 0 bridgehead atoms. The Morgan fingerprint density at radius 2 is 2.17 bits per heavy atom. The van der Waals surface area contributed by atoms with Crippen LogP contribution in [-0.2, 0) is 6.42 Å². The van der Waals surface area contributed by atoms with E-state index in [4.69, 9.17) is 4.99 Å². The molecule has 2 aromatic heterocycles. The van der Waals surface area contributed by atoms with Crippen LogP contribution in [0.25, 0.3) is 5.65 Å². The van der Waals surface area contributed by atoms with E-state index in [9.17, 15) is 0 Å². The normalized spacial score (nSPS) is 20.8. The Morgan fingerprint density at radius 1 is 1.29 bits per heavy atom. The van der Waals surface area contributed by atoms with Gasteiger partial charge in [0.1, 0.15) is 5.82 Å². The van der Waals surface area contributed by atoms with E-state index < -0.39 is 0 Å². The molecule has 0 aromatic carbocycles. The average molecular weight is 324 g/mol. The Kier molecular flexibility index (Phi) is 3.82. The third-order valence-corrected chi connectivity index (χ3v) is 5.02. The zero-order valence-electron chi connectivity index (χ0n) is 14.6. The zero-order valence-corrected chi connectivity index (χ0v) is 14.6. The van der Waals surface area contributed by atoms with Crippen molar-refractivity contribution in [3.63, 3.8) is 0 Å². The topological polar surface area (TPSA) is 67.5 Å². The molecule has 0 spiro atoms. The van der Waals surface area contributed by atoms with Crippen LogP contribution in [0.1, 0.15) is 49.8 Å². The number of fused-ring (bicyclic) bond motifs is 1. The Hall–Kier alpha value is -2.24. The van der Waals surface area contributed by atoms with E-state index in [0.29, 0.717) is 5.92 Å². The number of hydrogen-bond acceptors (Lipinski definition) is 5. The van der Waals surface area contributed by atoms with Gasteiger partial charge in [-0.2, -0.15) is 5.10 Å². The molecule has 0 amide bonds. The van der Waals surface area contributed by atoms with Crippen LogP contribution in [0.3, 0.4) is 0 Å². The quantitative estimate of drug-likeness (QED) is 0.942. The van der Waals surface area contributed by atoms with Crippen LogP contribution in [-0.4, -0.2) is 31.8 Å². The highest BCUT2D eigenvalue weighted by Gasteiger charge is 2.23. The van der Waals surface area contributed by atoms with E-state index in [1.54, 1.807) is 0 Å². The molecule has 0 saturated carbocycles. The SMILES string of the molecule is Cc1ncc(C)n2nc(CCC3=NC4=C(CCCN4)CC3C)nc12. The first-order valence-electron chi connectivity index (χ1n) is 8.83. The molecule has 2 aromatic rings. The van der Waals surface area contributed by atoms with Crippen molar-refractivity contribution >= 4 is 11.4 Å². The number of aliphatic imine (C=N–C) groups is 1. The smallest absolute Gasteiger partial charge is 0.177 e. The Labute approximate surface area is 142 Å². The molecule has 0 aliphatic carbocycles. The lowest BCUT2D eigenvalue weighted by molar-refractivity contribution is 0.582. The molecular formula is C18H24N6. The lowest BCUT2D eigenvalue weighted by Crippen LogP contribution is -2.28. The number of hydrogen-bond donors (Lipinski definition) is 1. The minimum absolute atomic E-state index is 0.519. The van der Waals surface area contributed by atoms with Gasteiger partial charge in [0.05, 0.1) is 11.4 Å². The van der Waals surface area contributed by atoms with Gasteiger partial charge in [-0.15, -0.1) is 0 Å². The van der Waals surface area contributed by atoms with Gasteiger partial charge >= 0.3 is 0 Å². The molecule has 6 nitrogen and oxygen atoms in total. The first-order valence-corrected chi connectivity index (χ1v) is 8.83. The van der Waals surface area contributed by atoms with Crippen molar-refractivity contribution in [1.29, 1.82) is 0 Å². The van der Waals surface area contributed by atoms with Gasteiger partial charge in [0.25, 0.3) is 0 Å². The summed E-state index contributed by atoms with van der Waals surface area (Å²) in [6.07, 6.45) is 7.16. The summed E-state index contributed by atoms with van der Waals surface area (Å²) in [7, 11) is 0. The summed E-state index contributed by atoms with van der Waals surface area (Å²) < 4.78 is 1.90. The maximum absolute atomic E-state index is 4.90. The summed E-state index contributed by atoms with van der Waals surface area (Å²) in [6, 6.07) is 0. The Balaban J connectivity index is 1.54. The van der Waals surface area contributed by atoms with Crippen LogP contribution in [0, 0.1) is 19.8 Å². The number of aromatic nitrogens is 4. The first kappa shape index (κ1) is 15.3. The molecule has 1 unspecified atom stereocenters. The Morgan fingerprint density at radius 3 is 3.00 bits per heavy atom. The molecule has 0 saturated heterocycles. The lowest BCUT2D eigenvalue weighted by Gasteiger charge is -2.28.